The Bertz CT molecular complexity index is 167. The first kappa shape index (κ1) is 22.5. The monoisotopic (exact) mass is 176 g/mol. The number of carbonyl (C=O) groups is 1. The van der Waals surface area contributed by atoms with Gasteiger partial charge in [0.15, 0.2) is 0 Å². The van der Waals surface area contributed by atoms with E-state index in [4.69, 9.17) is 32.5 Å². The maximum atomic E-state index is 8.74. The smallest absolute Gasteiger partial charge is 1.00 e. The van der Waals surface area contributed by atoms with Gasteiger partial charge in [-0.3, -0.25) is 9.11 Å². The molecule has 7 nitrogen and oxygen atoms in total. The zero-order chi connectivity index (χ0) is 8.08. The Balaban J connectivity index is -0.0000000146. The van der Waals surface area contributed by atoms with Gasteiger partial charge in [-0.2, -0.15) is 8.42 Å². The molecule has 0 bridgehead atoms. The van der Waals surface area contributed by atoms with Crippen LogP contribution < -0.4 is 37.7 Å². The van der Waals surface area contributed by atoms with E-state index in [1.807, 2.05) is 0 Å². The molecule has 0 atom stereocenters. The summed E-state index contributed by atoms with van der Waals surface area (Å²) in [6, 6.07) is 0. The first-order valence-electron chi connectivity index (χ1n) is 1.35. The molecule has 0 aromatic heterocycles. The minimum atomic E-state index is -4.67. The molecule has 0 aliphatic carbocycles. The second-order valence-corrected chi connectivity index (χ2v) is 1.63. The molecule has 0 radical (unpaired) electrons. The van der Waals surface area contributed by atoms with E-state index in [0.717, 1.165) is 0 Å². The van der Waals surface area contributed by atoms with Crippen LogP contribution in [0.15, 0.2) is 0 Å². The molecule has 0 fully saturated rings. The predicted molar refractivity (Wildman–Crippen MR) is 27.1 cm³/mol. The fourth-order valence-corrected chi connectivity index (χ4v) is 0. The summed E-state index contributed by atoms with van der Waals surface area (Å²) in [4.78, 5) is 8.56. The minimum absolute atomic E-state index is 0. The summed E-state index contributed by atoms with van der Waals surface area (Å²) < 4.78 is 31.6. The molecule has 4 N–H and O–H groups in total. The number of rotatable bonds is 0. The van der Waals surface area contributed by atoms with E-state index >= 15 is 0 Å². The quantitative estimate of drug-likeness (QED) is 0.213. The number of hydrogen-bond donors (Lipinski definition) is 4. The molecule has 0 saturated heterocycles. The van der Waals surface area contributed by atoms with Crippen LogP contribution in [0.4, 0.5) is 4.79 Å². The Morgan fingerprint density at radius 3 is 1.09 bits per heavy atom. The van der Waals surface area contributed by atoms with E-state index in [2.05, 4.69) is 0 Å². The number of carboxylic acid groups (broad SMARTS) is 2. The van der Waals surface area contributed by atoms with Crippen LogP contribution >= 0.6 is 0 Å². The van der Waals surface area contributed by atoms with Crippen molar-refractivity contribution in [3.05, 3.63) is 0 Å². The molecule has 0 aromatic carbocycles. The van der Waals surface area contributed by atoms with Crippen molar-refractivity contribution in [1.82, 2.24) is 0 Å². The van der Waals surface area contributed by atoms with Crippen molar-refractivity contribution in [3.63, 3.8) is 0 Å². The van der Waals surface area contributed by atoms with Gasteiger partial charge in [0.25, 0.3) is 0 Å². The SMILES string of the molecule is O=C(O)O.O=S(=O)(O)O.[H-].[H-].[Li+].[Li+]. The zero-order valence-electron chi connectivity index (χ0n) is 7.92. The molecule has 0 unspecified atom stereocenters. The summed E-state index contributed by atoms with van der Waals surface area (Å²) >= 11 is 0. The third kappa shape index (κ3) is 6400. The van der Waals surface area contributed by atoms with Crippen LogP contribution in [-0.2, 0) is 10.4 Å². The van der Waals surface area contributed by atoms with Crippen molar-refractivity contribution in [2.75, 3.05) is 0 Å². The topological polar surface area (TPSA) is 132 Å². The molecular weight excluding hydrogens is 170 g/mol. The van der Waals surface area contributed by atoms with E-state index in [9.17, 15) is 0 Å². The van der Waals surface area contributed by atoms with E-state index in [0.29, 0.717) is 0 Å². The van der Waals surface area contributed by atoms with Gasteiger partial charge in [-0.15, -0.1) is 0 Å². The van der Waals surface area contributed by atoms with Gasteiger partial charge in [-0.05, 0) is 0 Å². The van der Waals surface area contributed by atoms with Crippen molar-refractivity contribution in [2.45, 2.75) is 0 Å². The van der Waals surface area contributed by atoms with Crippen LogP contribution in [0, 0.1) is 0 Å². The Morgan fingerprint density at radius 1 is 1.09 bits per heavy atom. The molecule has 0 rings (SSSR count). The van der Waals surface area contributed by atoms with Gasteiger partial charge < -0.3 is 13.1 Å². The van der Waals surface area contributed by atoms with Gasteiger partial charge in [0.05, 0.1) is 0 Å². The fourth-order valence-electron chi connectivity index (χ4n) is 0. The molecular formula is CH6Li2O7S. The second kappa shape index (κ2) is 10.3. The summed E-state index contributed by atoms with van der Waals surface area (Å²) in [6.07, 6.45) is -1.83. The molecule has 0 aliphatic heterocycles. The van der Waals surface area contributed by atoms with E-state index in [1.54, 1.807) is 0 Å². The van der Waals surface area contributed by atoms with Gasteiger partial charge in [-0.25, -0.2) is 4.79 Å². The molecule has 0 saturated carbocycles. The Labute approximate surface area is 89.7 Å². The van der Waals surface area contributed by atoms with Gasteiger partial charge in [0, 0.05) is 0 Å². The molecule has 0 aromatic rings. The Morgan fingerprint density at radius 2 is 1.09 bits per heavy atom. The second-order valence-electron chi connectivity index (χ2n) is 0.730. The van der Waals surface area contributed by atoms with Crippen LogP contribution in [0.2, 0.25) is 0 Å². The van der Waals surface area contributed by atoms with Crippen LogP contribution in [0.5, 0.6) is 0 Å². The average molecular weight is 176 g/mol. The minimum Gasteiger partial charge on any atom is -1.00 e. The normalized spacial score (nSPS) is 7.45. The summed E-state index contributed by atoms with van der Waals surface area (Å²) in [7, 11) is -4.67. The fraction of sp³-hybridized carbons (Fsp3) is 0. The van der Waals surface area contributed by atoms with Crippen LogP contribution in [-0.4, -0.2) is 33.9 Å². The molecule has 0 spiro atoms. The molecule has 0 heterocycles. The molecule has 11 heavy (non-hydrogen) atoms. The Hall–Kier alpha value is 0.335. The van der Waals surface area contributed by atoms with Crippen LogP contribution in [0.1, 0.15) is 2.85 Å². The van der Waals surface area contributed by atoms with Gasteiger partial charge in [0.1, 0.15) is 0 Å². The van der Waals surface area contributed by atoms with E-state index in [1.165, 1.54) is 0 Å². The first-order valence-corrected chi connectivity index (χ1v) is 2.75. The van der Waals surface area contributed by atoms with Crippen molar-refractivity contribution >= 4 is 16.6 Å². The number of hydrogen-bond acceptors (Lipinski definition) is 3. The van der Waals surface area contributed by atoms with Crippen molar-refractivity contribution in [2.24, 2.45) is 0 Å². The van der Waals surface area contributed by atoms with Crippen molar-refractivity contribution in [3.8, 4) is 0 Å². The summed E-state index contributed by atoms with van der Waals surface area (Å²) in [5.41, 5.74) is 0. The third-order valence-corrected chi connectivity index (χ3v) is 0. The summed E-state index contributed by atoms with van der Waals surface area (Å²) in [6.45, 7) is 0. The van der Waals surface area contributed by atoms with E-state index in [-0.39, 0.29) is 40.6 Å². The average Bonchev–Trinajstić information content (AvgIpc) is 1.19. The summed E-state index contributed by atoms with van der Waals surface area (Å²) in [5, 5.41) is 13.9. The van der Waals surface area contributed by atoms with Gasteiger partial charge in [-0.1, -0.05) is 0 Å². The molecule has 0 amide bonds. The zero-order valence-corrected chi connectivity index (χ0v) is 6.74. The van der Waals surface area contributed by atoms with Crippen molar-refractivity contribution < 1.29 is 73.1 Å². The maximum Gasteiger partial charge on any atom is 1.00 e. The van der Waals surface area contributed by atoms with Crippen LogP contribution in [0.25, 0.3) is 0 Å². The Kier molecular flexibility index (Phi) is 21.1. The molecule has 60 valence electrons. The van der Waals surface area contributed by atoms with Gasteiger partial charge >= 0.3 is 54.3 Å². The third-order valence-electron chi connectivity index (χ3n) is 0. The molecule has 0 aliphatic rings. The van der Waals surface area contributed by atoms with Crippen LogP contribution in [0.3, 0.4) is 0 Å². The van der Waals surface area contributed by atoms with Gasteiger partial charge in [0.2, 0.25) is 0 Å². The predicted octanol–water partition coefficient (Wildman–Crippen LogP) is -6.20. The maximum absolute atomic E-state index is 8.74. The first-order chi connectivity index (χ1) is 3.73. The largest absolute Gasteiger partial charge is 1.00 e. The molecule has 10 heteroatoms. The standard InChI is InChI=1S/CH2O3.2Li.H2O4S.2H/c2-1(3)4;;;1-5(2,3)4;;/h(H2,2,3,4);;;(H2,1,2,3,4);;/q;2*+1;;2*-1. The van der Waals surface area contributed by atoms with Crippen molar-refractivity contribution in [1.29, 1.82) is 0 Å². The van der Waals surface area contributed by atoms with E-state index < -0.39 is 16.6 Å². The summed E-state index contributed by atoms with van der Waals surface area (Å²) in [5.74, 6) is 0.